The zero-order chi connectivity index (χ0) is 16.4. The minimum absolute atomic E-state index is 0.0501. The van der Waals surface area contributed by atoms with Gasteiger partial charge >= 0.3 is 0 Å². The van der Waals surface area contributed by atoms with Crippen LogP contribution < -0.4 is 0 Å². The first kappa shape index (κ1) is 15.7. The molecule has 1 amide bonds. The van der Waals surface area contributed by atoms with Crippen molar-refractivity contribution in [1.29, 1.82) is 0 Å². The molecular weight excluding hydrogens is 294 g/mol. The van der Waals surface area contributed by atoms with Crippen LogP contribution in [0.25, 0.3) is 0 Å². The van der Waals surface area contributed by atoms with E-state index in [0.717, 1.165) is 17.8 Å². The summed E-state index contributed by atoms with van der Waals surface area (Å²) in [5, 5.41) is 4.30. The van der Waals surface area contributed by atoms with Crippen molar-refractivity contribution in [3.05, 3.63) is 35.7 Å². The van der Waals surface area contributed by atoms with Gasteiger partial charge in [-0.3, -0.25) is 9.48 Å². The minimum Gasteiger partial charge on any atom is -0.380 e. The van der Waals surface area contributed by atoms with Gasteiger partial charge in [0.25, 0.3) is 0 Å². The van der Waals surface area contributed by atoms with Gasteiger partial charge in [-0.1, -0.05) is 0 Å². The molecule has 1 atom stereocenters. The number of imidazole rings is 1. The van der Waals surface area contributed by atoms with Gasteiger partial charge in [0.05, 0.1) is 43.3 Å². The van der Waals surface area contributed by atoms with E-state index in [2.05, 4.69) is 10.1 Å². The molecular formula is C16H23N5O2. The van der Waals surface area contributed by atoms with E-state index in [4.69, 9.17) is 4.74 Å². The maximum Gasteiger partial charge on any atom is 0.229 e. The highest BCUT2D eigenvalue weighted by atomic mass is 16.5. The smallest absolute Gasteiger partial charge is 0.229 e. The molecule has 0 N–H and O–H groups in total. The molecule has 0 aliphatic carbocycles. The Kier molecular flexibility index (Phi) is 4.47. The molecule has 3 rings (SSSR count). The lowest BCUT2D eigenvalue weighted by Crippen LogP contribution is -2.47. The lowest BCUT2D eigenvalue weighted by Gasteiger charge is -2.35. The Labute approximate surface area is 135 Å². The standard InChI is InChI=1S/C16H23N5O2/c1-4-23-10-13-8-15-14(17-11-19(15)2)9-21(13)16(22)7-12-5-6-20(3)18-12/h5-6,11,13H,4,7-10H2,1-3H3/t13-/m1/s1. The summed E-state index contributed by atoms with van der Waals surface area (Å²) >= 11 is 0. The van der Waals surface area contributed by atoms with E-state index in [1.165, 1.54) is 5.69 Å². The van der Waals surface area contributed by atoms with Crippen LogP contribution in [0.1, 0.15) is 24.0 Å². The summed E-state index contributed by atoms with van der Waals surface area (Å²) in [5.74, 6) is 0.0738. The van der Waals surface area contributed by atoms with Crippen molar-refractivity contribution < 1.29 is 9.53 Å². The van der Waals surface area contributed by atoms with Crippen LogP contribution in [0.4, 0.5) is 0 Å². The SMILES string of the molecule is CCOC[C@H]1Cc2c(ncn2C)CN1C(=O)Cc1ccn(C)n1. The molecule has 0 saturated carbocycles. The van der Waals surface area contributed by atoms with Crippen molar-refractivity contribution in [3.63, 3.8) is 0 Å². The molecule has 0 fully saturated rings. The van der Waals surface area contributed by atoms with Crippen molar-refractivity contribution in [1.82, 2.24) is 24.2 Å². The summed E-state index contributed by atoms with van der Waals surface area (Å²) in [4.78, 5) is 19.1. The van der Waals surface area contributed by atoms with Crippen LogP contribution in [0.15, 0.2) is 18.6 Å². The molecule has 23 heavy (non-hydrogen) atoms. The number of carbonyl (C=O) groups is 1. The third-order valence-electron chi connectivity index (χ3n) is 4.27. The van der Waals surface area contributed by atoms with Gasteiger partial charge in [0, 0.05) is 39.0 Å². The molecule has 0 saturated heterocycles. The van der Waals surface area contributed by atoms with Gasteiger partial charge in [-0.05, 0) is 13.0 Å². The van der Waals surface area contributed by atoms with E-state index in [1.807, 2.05) is 49.1 Å². The molecule has 1 aliphatic heterocycles. The van der Waals surface area contributed by atoms with Gasteiger partial charge in [0.1, 0.15) is 0 Å². The quantitative estimate of drug-likeness (QED) is 0.814. The zero-order valence-corrected chi connectivity index (χ0v) is 13.9. The predicted octanol–water partition coefficient (Wildman–Crippen LogP) is 0.686. The average molecular weight is 317 g/mol. The van der Waals surface area contributed by atoms with Crippen LogP contribution in [-0.4, -0.2) is 49.4 Å². The molecule has 1 aliphatic rings. The normalized spacial score (nSPS) is 17.3. The number of ether oxygens (including phenoxy) is 1. The van der Waals surface area contributed by atoms with E-state index in [9.17, 15) is 4.79 Å². The van der Waals surface area contributed by atoms with Crippen LogP contribution >= 0.6 is 0 Å². The molecule has 0 unspecified atom stereocenters. The summed E-state index contributed by atoms with van der Waals surface area (Å²) in [5.41, 5.74) is 2.96. The van der Waals surface area contributed by atoms with Crippen LogP contribution in [0.3, 0.4) is 0 Å². The molecule has 2 aromatic rings. The Bertz CT molecular complexity index is 690. The molecule has 0 spiro atoms. The Morgan fingerprint density at radius 3 is 2.96 bits per heavy atom. The second-order valence-corrected chi connectivity index (χ2v) is 5.95. The average Bonchev–Trinajstić information content (AvgIpc) is 3.10. The minimum atomic E-state index is 0.0501. The fourth-order valence-corrected chi connectivity index (χ4v) is 3.03. The van der Waals surface area contributed by atoms with Gasteiger partial charge in [-0.25, -0.2) is 4.98 Å². The van der Waals surface area contributed by atoms with Gasteiger partial charge in [-0.2, -0.15) is 5.10 Å². The zero-order valence-electron chi connectivity index (χ0n) is 13.9. The third-order valence-corrected chi connectivity index (χ3v) is 4.27. The number of rotatable bonds is 5. The molecule has 0 aromatic carbocycles. The van der Waals surface area contributed by atoms with E-state index >= 15 is 0 Å². The Morgan fingerprint density at radius 2 is 2.26 bits per heavy atom. The van der Waals surface area contributed by atoms with Gasteiger partial charge in [0.2, 0.25) is 5.91 Å². The molecule has 3 heterocycles. The second-order valence-electron chi connectivity index (χ2n) is 5.95. The summed E-state index contributed by atoms with van der Waals surface area (Å²) in [7, 11) is 3.85. The second kappa shape index (κ2) is 6.54. The fraction of sp³-hybridized carbons (Fsp3) is 0.562. The van der Waals surface area contributed by atoms with Gasteiger partial charge in [-0.15, -0.1) is 0 Å². The number of carbonyl (C=O) groups excluding carboxylic acids is 1. The van der Waals surface area contributed by atoms with Crippen molar-refractivity contribution in [2.45, 2.75) is 32.4 Å². The number of aromatic nitrogens is 4. The molecule has 7 heteroatoms. The Balaban J connectivity index is 1.78. The number of hydrogen-bond donors (Lipinski definition) is 0. The monoisotopic (exact) mass is 317 g/mol. The van der Waals surface area contributed by atoms with E-state index in [-0.39, 0.29) is 11.9 Å². The predicted molar refractivity (Wildman–Crippen MR) is 84.7 cm³/mol. The summed E-state index contributed by atoms with van der Waals surface area (Å²) < 4.78 is 9.35. The number of fused-ring (bicyclic) bond motifs is 1. The highest BCUT2D eigenvalue weighted by Gasteiger charge is 2.32. The van der Waals surface area contributed by atoms with Crippen molar-refractivity contribution >= 4 is 5.91 Å². The number of amides is 1. The van der Waals surface area contributed by atoms with Crippen LogP contribution in [-0.2, 0) is 43.0 Å². The largest absolute Gasteiger partial charge is 0.380 e. The third kappa shape index (κ3) is 3.29. The molecule has 0 radical (unpaired) electrons. The van der Waals surface area contributed by atoms with Crippen LogP contribution in [0, 0.1) is 0 Å². The van der Waals surface area contributed by atoms with E-state index in [1.54, 1.807) is 4.68 Å². The van der Waals surface area contributed by atoms with Crippen molar-refractivity contribution in [3.8, 4) is 0 Å². The maximum atomic E-state index is 12.8. The molecule has 0 bridgehead atoms. The lowest BCUT2D eigenvalue weighted by atomic mass is 10.0. The fourth-order valence-electron chi connectivity index (χ4n) is 3.03. The Hall–Kier alpha value is -2.15. The Morgan fingerprint density at radius 1 is 1.43 bits per heavy atom. The number of hydrogen-bond acceptors (Lipinski definition) is 4. The number of aryl methyl sites for hydroxylation is 2. The molecule has 7 nitrogen and oxygen atoms in total. The summed E-state index contributed by atoms with van der Waals surface area (Å²) in [6.07, 6.45) is 4.76. The summed E-state index contributed by atoms with van der Waals surface area (Å²) in [6, 6.07) is 1.93. The van der Waals surface area contributed by atoms with Crippen LogP contribution in [0.5, 0.6) is 0 Å². The molecule has 124 valence electrons. The first-order chi connectivity index (χ1) is 11.1. The topological polar surface area (TPSA) is 65.2 Å². The molecule has 2 aromatic heterocycles. The maximum absolute atomic E-state index is 12.8. The highest BCUT2D eigenvalue weighted by molar-refractivity contribution is 5.79. The van der Waals surface area contributed by atoms with Gasteiger partial charge in [0.15, 0.2) is 0 Å². The number of nitrogens with zero attached hydrogens (tertiary/aromatic N) is 5. The van der Waals surface area contributed by atoms with Crippen molar-refractivity contribution in [2.75, 3.05) is 13.2 Å². The highest BCUT2D eigenvalue weighted by Crippen LogP contribution is 2.23. The van der Waals surface area contributed by atoms with E-state index in [0.29, 0.717) is 26.2 Å². The van der Waals surface area contributed by atoms with Crippen molar-refractivity contribution in [2.24, 2.45) is 14.1 Å². The van der Waals surface area contributed by atoms with Gasteiger partial charge < -0.3 is 14.2 Å². The summed E-state index contributed by atoms with van der Waals surface area (Å²) in [6.45, 7) is 3.71. The van der Waals surface area contributed by atoms with Crippen LogP contribution in [0.2, 0.25) is 0 Å². The van der Waals surface area contributed by atoms with E-state index < -0.39 is 0 Å². The first-order valence-corrected chi connectivity index (χ1v) is 7.93. The first-order valence-electron chi connectivity index (χ1n) is 7.93. The lowest BCUT2D eigenvalue weighted by molar-refractivity contribution is -0.135.